The van der Waals surface area contributed by atoms with Crippen molar-refractivity contribution in [2.75, 3.05) is 32.8 Å². The van der Waals surface area contributed by atoms with Gasteiger partial charge in [-0.15, -0.1) is 0 Å². The fraction of sp³-hybridized carbons (Fsp3) is 0.571. The van der Waals surface area contributed by atoms with Crippen LogP contribution in [0.2, 0.25) is 0 Å². The van der Waals surface area contributed by atoms with Crippen LogP contribution in [-0.4, -0.2) is 70.7 Å². The maximum Gasteiger partial charge on any atom is 0.256 e. The van der Waals surface area contributed by atoms with Gasteiger partial charge >= 0.3 is 0 Å². The van der Waals surface area contributed by atoms with Crippen molar-refractivity contribution in [1.82, 2.24) is 20.0 Å². The number of piperidine rings is 1. The van der Waals surface area contributed by atoms with Gasteiger partial charge in [0.05, 0.1) is 35.8 Å². The summed E-state index contributed by atoms with van der Waals surface area (Å²) in [5.74, 6) is 0.733. The fourth-order valence-electron chi connectivity index (χ4n) is 5.11. The fourth-order valence-corrected chi connectivity index (χ4v) is 5.11. The summed E-state index contributed by atoms with van der Waals surface area (Å²) in [5.41, 5.74) is 2.51. The van der Waals surface area contributed by atoms with Gasteiger partial charge < -0.3 is 14.5 Å². The number of likely N-dealkylation sites (tertiary alicyclic amines) is 2. The molecule has 3 fully saturated rings. The zero-order chi connectivity index (χ0) is 19.3. The Kier molecular flexibility index (Phi) is 4.34. The maximum atomic E-state index is 13.3. The Hall–Kier alpha value is -2.41. The van der Waals surface area contributed by atoms with Gasteiger partial charge in [-0.2, -0.15) is 5.10 Å². The quantitative estimate of drug-likeness (QED) is 0.861. The Labute approximate surface area is 164 Å². The highest BCUT2D eigenvalue weighted by Gasteiger charge is 2.43. The first-order valence-electron chi connectivity index (χ1n) is 10.2. The molecule has 0 spiro atoms. The average Bonchev–Trinajstić information content (AvgIpc) is 3.45. The lowest BCUT2D eigenvalue weighted by Crippen LogP contribution is -2.52. The van der Waals surface area contributed by atoms with E-state index in [2.05, 4.69) is 10.2 Å². The maximum absolute atomic E-state index is 13.3. The van der Waals surface area contributed by atoms with Crippen LogP contribution in [0.3, 0.4) is 0 Å². The molecule has 4 heterocycles. The number of carbonyl (C=O) groups excluding carboxylic acids is 2. The van der Waals surface area contributed by atoms with Crippen molar-refractivity contribution in [1.29, 1.82) is 0 Å². The topological polar surface area (TPSA) is 78.5 Å². The number of nitrogens with zero attached hydrogens (tertiary/aromatic N) is 3. The van der Waals surface area contributed by atoms with Gasteiger partial charge in [0, 0.05) is 31.6 Å². The van der Waals surface area contributed by atoms with Crippen molar-refractivity contribution in [2.24, 2.45) is 11.8 Å². The first-order valence-corrected chi connectivity index (χ1v) is 10.2. The van der Waals surface area contributed by atoms with Crippen molar-refractivity contribution in [2.45, 2.75) is 32.2 Å². The Morgan fingerprint density at radius 2 is 2.07 bits per heavy atom. The Morgan fingerprint density at radius 3 is 2.89 bits per heavy atom. The molecule has 7 heteroatoms. The van der Waals surface area contributed by atoms with Crippen LogP contribution in [0, 0.1) is 18.8 Å². The lowest BCUT2D eigenvalue weighted by atomic mass is 9.91. The molecule has 1 aromatic heterocycles. The number of carbonyl (C=O) groups is 2. The number of ether oxygens (including phenoxy) is 1. The van der Waals surface area contributed by atoms with Crippen molar-refractivity contribution < 1.29 is 14.3 Å². The summed E-state index contributed by atoms with van der Waals surface area (Å²) in [7, 11) is 0. The standard InChI is InChI=1S/C21H26N4O3/c1-13-8-16-10-22-23-19(16)17(9-13)21(27)24-5-2-14-3-6-25(18(14)11-24)20(26)15-4-7-28-12-15/h8-10,14-15,18H,2-7,11-12H2,1H3,(H,22,23)/t14-,15+,18-/m1/s1. The molecule has 0 radical (unpaired) electrons. The molecule has 0 saturated carbocycles. The van der Waals surface area contributed by atoms with Crippen molar-refractivity contribution in [3.63, 3.8) is 0 Å². The second kappa shape index (κ2) is 6.88. The third-order valence-electron chi connectivity index (χ3n) is 6.64. The number of benzene rings is 1. The number of nitrogens with one attached hydrogen (secondary N) is 1. The zero-order valence-electron chi connectivity index (χ0n) is 16.2. The van der Waals surface area contributed by atoms with Gasteiger partial charge in [0.25, 0.3) is 5.91 Å². The van der Waals surface area contributed by atoms with Crippen molar-refractivity contribution in [3.05, 3.63) is 29.5 Å². The van der Waals surface area contributed by atoms with E-state index in [4.69, 9.17) is 4.74 Å². The highest BCUT2D eigenvalue weighted by Crippen LogP contribution is 2.34. The molecule has 3 saturated heterocycles. The summed E-state index contributed by atoms with van der Waals surface area (Å²) in [4.78, 5) is 30.3. The molecule has 148 valence electrons. The monoisotopic (exact) mass is 382 g/mol. The van der Waals surface area contributed by atoms with Crippen LogP contribution in [0.25, 0.3) is 10.9 Å². The SMILES string of the molecule is Cc1cc(C(=O)N2CC[C@@H]3CCN(C(=O)[C@H]4CCOC4)[C@@H]3C2)c2[nH]ncc2c1. The van der Waals surface area contributed by atoms with E-state index in [1.807, 2.05) is 28.9 Å². The lowest BCUT2D eigenvalue weighted by molar-refractivity contribution is -0.137. The molecule has 0 bridgehead atoms. The first-order chi connectivity index (χ1) is 13.6. The number of fused-ring (bicyclic) bond motifs is 2. The van der Waals surface area contributed by atoms with Gasteiger partial charge in [-0.05, 0) is 49.8 Å². The van der Waals surface area contributed by atoms with Gasteiger partial charge in [0.15, 0.2) is 0 Å². The number of hydrogen-bond donors (Lipinski definition) is 1. The molecule has 3 aliphatic rings. The molecule has 0 unspecified atom stereocenters. The van der Waals surface area contributed by atoms with E-state index in [1.165, 1.54) is 0 Å². The summed E-state index contributed by atoms with van der Waals surface area (Å²) in [6.07, 6.45) is 4.57. The molecule has 2 aromatic rings. The van der Waals surface area contributed by atoms with Crippen molar-refractivity contribution in [3.8, 4) is 0 Å². The van der Waals surface area contributed by atoms with Gasteiger partial charge in [-0.3, -0.25) is 14.7 Å². The van der Waals surface area contributed by atoms with E-state index in [-0.39, 0.29) is 23.8 Å². The van der Waals surface area contributed by atoms with E-state index in [0.29, 0.717) is 31.2 Å². The van der Waals surface area contributed by atoms with Gasteiger partial charge in [0.2, 0.25) is 5.91 Å². The second-order valence-corrected chi connectivity index (χ2v) is 8.39. The summed E-state index contributed by atoms with van der Waals surface area (Å²) in [6, 6.07) is 4.10. The average molecular weight is 382 g/mol. The number of aromatic nitrogens is 2. The number of aryl methyl sites for hydroxylation is 1. The van der Waals surface area contributed by atoms with Crippen LogP contribution in [0.5, 0.6) is 0 Å². The molecule has 28 heavy (non-hydrogen) atoms. The molecule has 3 atom stereocenters. The van der Waals surface area contributed by atoms with Gasteiger partial charge in [-0.1, -0.05) is 0 Å². The van der Waals surface area contributed by atoms with Crippen LogP contribution in [0.1, 0.15) is 35.2 Å². The summed E-state index contributed by atoms with van der Waals surface area (Å²) in [5, 5.41) is 8.03. The molecule has 2 amide bonds. The van der Waals surface area contributed by atoms with Crippen LogP contribution < -0.4 is 0 Å². The predicted molar refractivity (Wildman–Crippen MR) is 104 cm³/mol. The smallest absolute Gasteiger partial charge is 0.256 e. The highest BCUT2D eigenvalue weighted by molar-refractivity contribution is 6.05. The van der Waals surface area contributed by atoms with Crippen LogP contribution in [-0.2, 0) is 9.53 Å². The number of hydrogen-bond acceptors (Lipinski definition) is 4. The predicted octanol–water partition coefficient (Wildman–Crippen LogP) is 1.97. The molecular weight excluding hydrogens is 356 g/mol. The van der Waals surface area contributed by atoms with Gasteiger partial charge in [0.1, 0.15) is 0 Å². The van der Waals surface area contributed by atoms with E-state index in [1.54, 1.807) is 6.20 Å². The normalized spacial score (nSPS) is 27.4. The highest BCUT2D eigenvalue weighted by atomic mass is 16.5. The van der Waals surface area contributed by atoms with Crippen LogP contribution in [0.15, 0.2) is 18.3 Å². The van der Waals surface area contributed by atoms with Crippen LogP contribution >= 0.6 is 0 Å². The summed E-state index contributed by atoms with van der Waals surface area (Å²) >= 11 is 0. The Bertz CT molecular complexity index is 918. The third kappa shape index (κ3) is 2.89. The molecular formula is C21H26N4O3. The summed E-state index contributed by atoms with van der Waals surface area (Å²) in [6.45, 7) is 5.38. The minimum Gasteiger partial charge on any atom is -0.381 e. The van der Waals surface area contributed by atoms with Gasteiger partial charge in [-0.25, -0.2) is 0 Å². The number of amides is 2. The number of H-pyrrole nitrogens is 1. The van der Waals surface area contributed by atoms with E-state index < -0.39 is 0 Å². The number of rotatable bonds is 2. The molecule has 7 nitrogen and oxygen atoms in total. The minimum absolute atomic E-state index is 0.00813. The molecule has 5 rings (SSSR count). The second-order valence-electron chi connectivity index (χ2n) is 8.39. The molecule has 0 aliphatic carbocycles. The van der Waals surface area contributed by atoms with E-state index in [0.717, 1.165) is 48.8 Å². The largest absolute Gasteiger partial charge is 0.381 e. The van der Waals surface area contributed by atoms with E-state index >= 15 is 0 Å². The van der Waals surface area contributed by atoms with Crippen molar-refractivity contribution >= 4 is 22.7 Å². The Balaban J connectivity index is 1.37. The third-order valence-corrected chi connectivity index (χ3v) is 6.64. The lowest BCUT2D eigenvalue weighted by Gasteiger charge is -2.39. The zero-order valence-corrected chi connectivity index (χ0v) is 16.2. The first kappa shape index (κ1) is 17.7. The molecule has 3 aliphatic heterocycles. The summed E-state index contributed by atoms with van der Waals surface area (Å²) < 4.78 is 5.41. The van der Waals surface area contributed by atoms with Crippen LogP contribution in [0.4, 0.5) is 0 Å². The molecule has 1 aromatic carbocycles. The number of aromatic amines is 1. The van der Waals surface area contributed by atoms with E-state index in [9.17, 15) is 9.59 Å². The molecule has 1 N–H and O–H groups in total. The minimum atomic E-state index is -0.00813. The Morgan fingerprint density at radius 1 is 1.21 bits per heavy atom.